The fourth-order valence-corrected chi connectivity index (χ4v) is 3.29. The normalized spacial score (nSPS) is 30.1. The summed E-state index contributed by atoms with van der Waals surface area (Å²) in [5.41, 5.74) is 0. The van der Waals surface area contributed by atoms with E-state index in [4.69, 9.17) is 0 Å². The standard InChI is InChI=1S/C13H28N2OS/c1-5-6-13-10-15(12(3)9-14-13)11(2)7-8-17(4)16/h11-14H,5-10H2,1-4H3. The van der Waals surface area contributed by atoms with Crippen LogP contribution in [0.15, 0.2) is 0 Å². The van der Waals surface area contributed by atoms with E-state index in [0.29, 0.717) is 18.1 Å². The molecule has 0 aliphatic carbocycles. The van der Waals surface area contributed by atoms with Gasteiger partial charge < -0.3 is 5.32 Å². The van der Waals surface area contributed by atoms with E-state index in [-0.39, 0.29) is 0 Å². The summed E-state index contributed by atoms with van der Waals surface area (Å²) in [5, 5.41) is 3.62. The Kier molecular flexibility index (Phi) is 6.67. The maximum Gasteiger partial charge on any atom is 0.0246 e. The second-order valence-electron chi connectivity index (χ2n) is 5.35. The van der Waals surface area contributed by atoms with Crippen LogP contribution in [0.5, 0.6) is 0 Å². The molecule has 102 valence electrons. The molecule has 0 saturated carbocycles. The summed E-state index contributed by atoms with van der Waals surface area (Å²) in [6.45, 7) is 9.04. The van der Waals surface area contributed by atoms with Crippen molar-refractivity contribution in [1.82, 2.24) is 10.2 Å². The van der Waals surface area contributed by atoms with Gasteiger partial charge in [0.05, 0.1) is 0 Å². The molecule has 0 spiro atoms. The summed E-state index contributed by atoms with van der Waals surface area (Å²) in [4.78, 5) is 2.59. The monoisotopic (exact) mass is 260 g/mol. The van der Waals surface area contributed by atoms with Crippen molar-refractivity contribution in [2.45, 2.75) is 58.2 Å². The third kappa shape index (κ3) is 5.06. The van der Waals surface area contributed by atoms with Crippen molar-refractivity contribution >= 4 is 10.8 Å². The quantitative estimate of drug-likeness (QED) is 0.787. The highest BCUT2D eigenvalue weighted by molar-refractivity contribution is 7.84. The Balaban J connectivity index is 2.44. The smallest absolute Gasteiger partial charge is 0.0246 e. The van der Waals surface area contributed by atoms with E-state index in [1.807, 2.05) is 0 Å². The molecule has 1 saturated heterocycles. The van der Waals surface area contributed by atoms with Crippen molar-refractivity contribution in [3.8, 4) is 0 Å². The van der Waals surface area contributed by atoms with Crippen LogP contribution in [0, 0.1) is 0 Å². The van der Waals surface area contributed by atoms with Gasteiger partial charge in [-0.15, -0.1) is 0 Å². The van der Waals surface area contributed by atoms with E-state index in [1.54, 1.807) is 6.26 Å². The van der Waals surface area contributed by atoms with Crippen LogP contribution in [0.4, 0.5) is 0 Å². The predicted molar refractivity (Wildman–Crippen MR) is 75.9 cm³/mol. The lowest BCUT2D eigenvalue weighted by molar-refractivity contribution is 0.0944. The fraction of sp³-hybridized carbons (Fsp3) is 1.00. The van der Waals surface area contributed by atoms with Gasteiger partial charge in [0, 0.05) is 54.0 Å². The average Bonchev–Trinajstić information content (AvgIpc) is 2.29. The van der Waals surface area contributed by atoms with Crippen LogP contribution in [0.25, 0.3) is 0 Å². The Labute approximate surface area is 109 Å². The van der Waals surface area contributed by atoms with Crippen LogP contribution < -0.4 is 5.32 Å². The molecule has 0 aromatic heterocycles. The van der Waals surface area contributed by atoms with Crippen molar-refractivity contribution in [2.75, 3.05) is 25.1 Å². The van der Waals surface area contributed by atoms with Crippen molar-refractivity contribution in [2.24, 2.45) is 0 Å². The summed E-state index contributed by atoms with van der Waals surface area (Å²) in [6.07, 6.45) is 5.35. The molecule has 1 aliphatic heterocycles. The minimum Gasteiger partial charge on any atom is -0.311 e. The molecular weight excluding hydrogens is 232 g/mol. The SMILES string of the molecule is CCCC1CN(C(C)CCS(C)=O)C(C)CN1. The molecule has 17 heavy (non-hydrogen) atoms. The molecular formula is C13H28N2OS. The molecule has 0 amide bonds. The zero-order valence-electron chi connectivity index (χ0n) is 11.7. The lowest BCUT2D eigenvalue weighted by Gasteiger charge is -2.42. The molecule has 0 radical (unpaired) electrons. The van der Waals surface area contributed by atoms with Crippen LogP contribution in [0.1, 0.15) is 40.0 Å². The minimum absolute atomic E-state index is 0.551. The number of hydrogen-bond acceptors (Lipinski definition) is 3. The van der Waals surface area contributed by atoms with Gasteiger partial charge in [0.1, 0.15) is 0 Å². The molecule has 1 fully saturated rings. The third-order valence-electron chi connectivity index (χ3n) is 3.73. The molecule has 0 aromatic rings. The molecule has 4 unspecified atom stereocenters. The van der Waals surface area contributed by atoms with Gasteiger partial charge >= 0.3 is 0 Å². The second kappa shape index (κ2) is 7.49. The van der Waals surface area contributed by atoms with Gasteiger partial charge in [0.2, 0.25) is 0 Å². The van der Waals surface area contributed by atoms with E-state index in [9.17, 15) is 4.21 Å². The van der Waals surface area contributed by atoms with Gasteiger partial charge in [-0.1, -0.05) is 13.3 Å². The van der Waals surface area contributed by atoms with E-state index >= 15 is 0 Å². The Morgan fingerprint density at radius 2 is 2.24 bits per heavy atom. The number of nitrogens with one attached hydrogen (secondary N) is 1. The number of piperazine rings is 1. The highest BCUT2D eigenvalue weighted by Crippen LogP contribution is 2.15. The van der Waals surface area contributed by atoms with Crippen LogP contribution in [-0.2, 0) is 10.8 Å². The van der Waals surface area contributed by atoms with Crippen LogP contribution in [0.3, 0.4) is 0 Å². The zero-order valence-corrected chi connectivity index (χ0v) is 12.6. The lowest BCUT2D eigenvalue weighted by Crippen LogP contribution is -2.58. The van der Waals surface area contributed by atoms with Crippen LogP contribution >= 0.6 is 0 Å². The second-order valence-corrected chi connectivity index (χ2v) is 6.91. The van der Waals surface area contributed by atoms with Gasteiger partial charge in [0.15, 0.2) is 0 Å². The summed E-state index contributed by atoms with van der Waals surface area (Å²) in [6, 6.07) is 1.80. The average molecular weight is 260 g/mol. The first kappa shape index (κ1) is 15.1. The van der Waals surface area contributed by atoms with Gasteiger partial charge in [-0.25, -0.2) is 0 Å². The maximum atomic E-state index is 11.2. The fourth-order valence-electron chi connectivity index (χ4n) is 2.61. The number of rotatable bonds is 6. The molecule has 0 bridgehead atoms. The summed E-state index contributed by atoms with van der Waals surface area (Å²) in [5.74, 6) is 0.830. The lowest BCUT2D eigenvalue weighted by atomic mass is 10.0. The molecule has 1 heterocycles. The zero-order chi connectivity index (χ0) is 12.8. The Bertz CT molecular complexity index is 248. The summed E-state index contributed by atoms with van der Waals surface area (Å²) in [7, 11) is -0.656. The largest absolute Gasteiger partial charge is 0.311 e. The minimum atomic E-state index is -0.656. The first-order chi connectivity index (χ1) is 8.04. The first-order valence-corrected chi connectivity index (χ1v) is 8.56. The molecule has 1 N–H and O–H groups in total. The number of hydrogen-bond donors (Lipinski definition) is 1. The summed E-state index contributed by atoms with van der Waals surface area (Å²) < 4.78 is 11.2. The Morgan fingerprint density at radius 1 is 1.53 bits per heavy atom. The van der Waals surface area contributed by atoms with Crippen molar-refractivity contribution in [3.63, 3.8) is 0 Å². The third-order valence-corrected chi connectivity index (χ3v) is 4.54. The molecule has 1 aliphatic rings. The van der Waals surface area contributed by atoms with Crippen LogP contribution in [0.2, 0.25) is 0 Å². The summed E-state index contributed by atoms with van der Waals surface area (Å²) >= 11 is 0. The molecule has 0 aromatic carbocycles. The first-order valence-electron chi connectivity index (χ1n) is 6.83. The van der Waals surface area contributed by atoms with Crippen molar-refractivity contribution < 1.29 is 4.21 Å². The highest BCUT2D eigenvalue weighted by atomic mass is 32.2. The maximum absolute atomic E-state index is 11.2. The van der Waals surface area contributed by atoms with E-state index < -0.39 is 10.8 Å². The highest BCUT2D eigenvalue weighted by Gasteiger charge is 2.27. The molecule has 4 heteroatoms. The van der Waals surface area contributed by atoms with Gasteiger partial charge in [0.25, 0.3) is 0 Å². The Morgan fingerprint density at radius 3 is 2.82 bits per heavy atom. The van der Waals surface area contributed by atoms with E-state index in [0.717, 1.165) is 25.3 Å². The number of nitrogens with zero attached hydrogens (tertiary/aromatic N) is 1. The van der Waals surface area contributed by atoms with E-state index in [1.165, 1.54) is 12.8 Å². The molecule has 4 atom stereocenters. The van der Waals surface area contributed by atoms with Gasteiger partial charge in [-0.2, -0.15) is 0 Å². The van der Waals surface area contributed by atoms with Crippen LogP contribution in [-0.4, -0.2) is 52.3 Å². The van der Waals surface area contributed by atoms with Crippen molar-refractivity contribution in [3.05, 3.63) is 0 Å². The Hall–Kier alpha value is 0.0700. The van der Waals surface area contributed by atoms with Gasteiger partial charge in [-0.3, -0.25) is 9.11 Å². The molecule has 3 nitrogen and oxygen atoms in total. The van der Waals surface area contributed by atoms with Gasteiger partial charge in [-0.05, 0) is 26.7 Å². The molecule has 1 rings (SSSR count). The van der Waals surface area contributed by atoms with Crippen molar-refractivity contribution in [1.29, 1.82) is 0 Å². The topological polar surface area (TPSA) is 32.3 Å². The van der Waals surface area contributed by atoms with E-state index in [2.05, 4.69) is 31.0 Å². The predicted octanol–water partition coefficient (Wildman–Crippen LogP) is 1.61.